The van der Waals surface area contributed by atoms with Crippen molar-refractivity contribution in [2.24, 2.45) is 0 Å². The minimum Gasteiger partial charge on any atom is -0.339 e. The molecule has 1 N–H and O–H groups in total. The van der Waals surface area contributed by atoms with Crippen LogP contribution in [0.4, 0.5) is 0 Å². The maximum atomic E-state index is 9.65. The standard InChI is InChI=1S/C7H17NOS.C2H6/c1-10(2,9)8-6-4-3-5-7-8;1-2/h9H,3-7H2,1-2H3;1-2H3. The zero-order chi connectivity index (χ0) is 9.61. The minimum atomic E-state index is -1.39. The normalized spacial score (nSPS) is 21.1. The largest absolute Gasteiger partial charge is 0.339 e. The second kappa shape index (κ2) is 5.84. The first-order valence-electron chi connectivity index (χ1n) is 4.81. The van der Waals surface area contributed by atoms with Crippen molar-refractivity contribution in [3.63, 3.8) is 0 Å². The van der Waals surface area contributed by atoms with Crippen molar-refractivity contribution < 1.29 is 4.55 Å². The van der Waals surface area contributed by atoms with E-state index in [0.717, 1.165) is 13.1 Å². The molecule has 1 heterocycles. The number of piperidine rings is 1. The fourth-order valence-corrected chi connectivity index (χ4v) is 2.46. The van der Waals surface area contributed by atoms with E-state index in [9.17, 15) is 4.55 Å². The highest BCUT2D eigenvalue weighted by Gasteiger charge is 2.19. The van der Waals surface area contributed by atoms with Crippen LogP contribution in [0.1, 0.15) is 33.1 Å². The van der Waals surface area contributed by atoms with Gasteiger partial charge in [-0.2, -0.15) is 0 Å². The molecule has 1 saturated heterocycles. The van der Waals surface area contributed by atoms with E-state index in [1.54, 1.807) is 0 Å². The molecule has 0 atom stereocenters. The molecule has 0 unspecified atom stereocenters. The first-order valence-corrected chi connectivity index (χ1v) is 7.18. The van der Waals surface area contributed by atoms with Crippen LogP contribution >= 0.6 is 10.5 Å². The van der Waals surface area contributed by atoms with Gasteiger partial charge in [-0.1, -0.05) is 30.8 Å². The quantitative estimate of drug-likeness (QED) is 0.692. The van der Waals surface area contributed by atoms with Crippen molar-refractivity contribution in [3.05, 3.63) is 0 Å². The number of rotatable bonds is 1. The second-order valence-electron chi connectivity index (χ2n) is 3.21. The van der Waals surface area contributed by atoms with Crippen LogP contribution in [0.25, 0.3) is 0 Å². The van der Waals surface area contributed by atoms with E-state index in [2.05, 4.69) is 4.31 Å². The van der Waals surface area contributed by atoms with Gasteiger partial charge in [0.1, 0.15) is 0 Å². The van der Waals surface area contributed by atoms with Crippen molar-refractivity contribution in [1.29, 1.82) is 0 Å². The van der Waals surface area contributed by atoms with Crippen molar-refractivity contribution in [1.82, 2.24) is 4.31 Å². The Morgan fingerprint density at radius 2 is 1.42 bits per heavy atom. The highest BCUT2D eigenvalue weighted by Crippen LogP contribution is 2.40. The Hall–Kier alpha value is 0.270. The molecular weight excluding hydrogens is 170 g/mol. The van der Waals surface area contributed by atoms with E-state index in [0.29, 0.717) is 0 Å². The van der Waals surface area contributed by atoms with Crippen molar-refractivity contribution in [2.45, 2.75) is 33.1 Å². The van der Waals surface area contributed by atoms with Crippen LogP contribution in [0.3, 0.4) is 0 Å². The molecule has 76 valence electrons. The molecule has 0 spiro atoms. The van der Waals surface area contributed by atoms with E-state index in [4.69, 9.17) is 0 Å². The zero-order valence-electron chi connectivity index (χ0n) is 8.84. The zero-order valence-corrected chi connectivity index (χ0v) is 9.65. The highest BCUT2D eigenvalue weighted by atomic mass is 32.3. The lowest BCUT2D eigenvalue weighted by Crippen LogP contribution is -2.31. The Balaban J connectivity index is 0.000000561. The van der Waals surface area contributed by atoms with E-state index >= 15 is 0 Å². The summed E-state index contributed by atoms with van der Waals surface area (Å²) >= 11 is 0. The Bertz CT molecular complexity index is 106. The van der Waals surface area contributed by atoms with Crippen molar-refractivity contribution in [3.8, 4) is 0 Å². The SMILES string of the molecule is CC.CS(C)(O)N1CCCCC1. The van der Waals surface area contributed by atoms with E-state index in [-0.39, 0.29) is 0 Å². The maximum Gasteiger partial charge on any atom is 0.00933 e. The van der Waals surface area contributed by atoms with Gasteiger partial charge >= 0.3 is 0 Å². The second-order valence-corrected chi connectivity index (χ2v) is 6.17. The first kappa shape index (κ1) is 12.3. The van der Waals surface area contributed by atoms with Gasteiger partial charge in [0.2, 0.25) is 0 Å². The van der Waals surface area contributed by atoms with Crippen LogP contribution in [0.5, 0.6) is 0 Å². The van der Waals surface area contributed by atoms with E-state index in [1.807, 2.05) is 26.4 Å². The van der Waals surface area contributed by atoms with Crippen LogP contribution in [0.2, 0.25) is 0 Å². The van der Waals surface area contributed by atoms with Crippen molar-refractivity contribution in [2.75, 3.05) is 25.6 Å². The third-order valence-corrected chi connectivity index (χ3v) is 3.58. The van der Waals surface area contributed by atoms with Crippen LogP contribution in [-0.2, 0) is 0 Å². The van der Waals surface area contributed by atoms with Gasteiger partial charge in [-0.15, -0.1) is 0 Å². The molecule has 0 aromatic heterocycles. The summed E-state index contributed by atoms with van der Waals surface area (Å²) in [6.07, 6.45) is 7.75. The molecule has 1 fully saturated rings. The summed E-state index contributed by atoms with van der Waals surface area (Å²) in [5.41, 5.74) is 0. The third-order valence-electron chi connectivity index (χ3n) is 1.95. The highest BCUT2D eigenvalue weighted by molar-refractivity contribution is 8.26. The van der Waals surface area contributed by atoms with Gasteiger partial charge in [-0.25, -0.2) is 4.31 Å². The monoisotopic (exact) mass is 193 g/mol. The Morgan fingerprint density at radius 3 is 1.67 bits per heavy atom. The van der Waals surface area contributed by atoms with Gasteiger partial charge in [0.05, 0.1) is 0 Å². The molecule has 0 radical (unpaired) electrons. The fraction of sp³-hybridized carbons (Fsp3) is 1.00. The lowest BCUT2D eigenvalue weighted by molar-refractivity contribution is 0.350. The summed E-state index contributed by atoms with van der Waals surface area (Å²) in [7, 11) is -1.39. The Morgan fingerprint density at radius 1 is 1.00 bits per heavy atom. The summed E-state index contributed by atoms with van der Waals surface area (Å²) < 4.78 is 11.9. The van der Waals surface area contributed by atoms with Crippen LogP contribution in [-0.4, -0.2) is 34.5 Å². The van der Waals surface area contributed by atoms with Gasteiger partial charge < -0.3 is 4.55 Å². The molecule has 0 saturated carbocycles. The summed E-state index contributed by atoms with van der Waals surface area (Å²) in [6, 6.07) is 0. The predicted octanol–water partition coefficient (Wildman–Crippen LogP) is 2.95. The average Bonchev–Trinajstić information content (AvgIpc) is 2.08. The molecule has 2 nitrogen and oxygen atoms in total. The fourth-order valence-electron chi connectivity index (χ4n) is 1.31. The van der Waals surface area contributed by atoms with Gasteiger partial charge in [0.15, 0.2) is 0 Å². The molecule has 0 aromatic rings. The minimum absolute atomic E-state index is 1.10. The molecule has 0 amide bonds. The smallest absolute Gasteiger partial charge is 0.00933 e. The van der Waals surface area contributed by atoms with E-state index in [1.165, 1.54) is 19.3 Å². The maximum absolute atomic E-state index is 9.65. The topological polar surface area (TPSA) is 23.5 Å². The lowest BCUT2D eigenvalue weighted by atomic mass is 10.2. The molecular formula is C9H23NOS. The average molecular weight is 193 g/mol. The molecule has 0 aromatic carbocycles. The number of nitrogens with zero attached hydrogens (tertiary/aromatic N) is 1. The Kier molecular flexibility index (Phi) is 5.97. The summed E-state index contributed by atoms with van der Waals surface area (Å²) in [4.78, 5) is 0. The molecule has 0 aliphatic carbocycles. The predicted molar refractivity (Wildman–Crippen MR) is 58.8 cm³/mol. The summed E-state index contributed by atoms with van der Waals surface area (Å²) in [5, 5.41) is 0. The lowest BCUT2D eigenvalue weighted by Gasteiger charge is -2.40. The third kappa shape index (κ3) is 4.33. The number of hydrogen-bond donors (Lipinski definition) is 1. The first-order chi connectivity index (χ1) is 5.61. The van der Waals surface area contributed by atoms with E-state index < -0.39 is 10.5 Å². The van der Waals surface area contributed by atoms with Crippen LogP contribution < -0.4 is 0 Å². The number of hydrogen-bond acceptors (Lipinski definition) is 2. The van der Waals surface area contributed by atoms with Crippen LogP contribution in [0.15, 0.2) is 0 Å². The van der Waals surface area contributed by atoms with Gasteiger partial charge in [0.25, 0.3) is 0 Å². The summed E-state index contributed by atoms with van der Waals surface area (Å²) in [5.74, 6) is 0. The molecule has 12 heavy (non-hydrogen) atoms. The Labute approximate surface area is 78.6 Å². The molecule has 3 heteroatoms. The van der Waals surface area contributed by atoms with Crippen LogP contribution in [0, 0.1) is 0 Å². The molecule has 1 rings (SSSR count). The van der Waals surface area contributed by atoms with Crippen molar-refractivity contribution >= 4 is 10.5 Å². The molecule has 0 bridgehead atoms. The summed E-state index contributed by atoms with van der Waals surface area (Å²) in [6.45, 7) is 6.19. The molecule has 1 aliphatic heterocycles. The van der Waals surface area contributed by atoms with Gasteiger partial charge in [-0.05, 0) is 25.4 Å². The van der Waals surface area contributed by atoms with Gasteiger partial charge in [0, 0.05) is 13.1 Å². The molecule has 1 aliphatic rings. The van der Waals surface area contributed by atoms with Gasteiger partial charge in [-0.3, -0.25) is 0 Å².